The van der Waals surface area contributed by atoms with Gasteiger partial charge in [-0.15, -0.1) is 10.2 Å². The number of alkyl halides is 15. The van der Waals surface area contributed by atoms with Crippen LogP contribution in [0.15, 0.2) is 244 Å². The molecule has 14 nitrogen and oxygen atoms in total. The highest BCUT2D eigenvalue weighted by Gasteiger charge is 2.42. The van der Waals surface area contributed by atoms with Crippen molar-refractivity contribution >= 4 is 17.5 Å². The topological polar surface area (TPSA) is 152 Å². The van der Waals surface area contributed by atoms with Crippen LogP contribution in [0.2, 0.25) is 0 Å². The number of halogens is 16. The van der Waals surface area contributed by atoms with Gasteiger partial charge in [0.1, 0.15) is 23.7 Å². The number of nitrogens with zero attached hydrogens (tertiary/aromatic N) is 14. The Balaban J connectivity index is 0.000000175. The lowest BCUT2D eigenvalue weighted by Gasteiger charge is -2.34. The summed E-state index contributed by atoms with van der Waals surface area (Å²) in [5.74, 6) is 0.641. The molecule has 0 bridgehead atoms. The average Bonchev–Trinajstić information content (AvgIpc) is 1.35. The van der Waals surface area contributed by atoms with E-state index in [0.717, 1.165) is 105 Å². The van der Waals surface area contributed by atoms with Crippen LogP contribution in [0.3, 0.4) is 0 Å². The molecule has 9 heterocycles. The highest BCUT2D eigenvalue weighted by atomic mass is 19.4. The number of anilines is 3. The summed E-state index contributed by atoms with van der Waals surface area (Å²) in [6.07, 6.45) is -2.89. The summed E-state index contributed by atoms with van der Waals surface area (Å²) in [5, 5.41) is 6.87. The van der Waals surface area contributed by atoms with Crippen LogP contribution in [-0.2, 0) is 57.2 Å². The molecule has 798 valence electrons. The summed E-state index contributed by atoms with van der Waals surface area (Å²) >= 11 is 0. The van der Waals surface area contributed by atoms with Crippen molar-refractivity contribution < 1.29 is 70.2 Å². The maximum absolute atomic E-state index is 13.7. The Kier molecular flexibility index (Phi) is 39.2. The monoisotopic (exact) mass is 2070 g/mol. The van der Waals surface area contributed by atoms with Gasteiger partial charge in [0.05, 0.1) is 35.4 Å². The van der Waals surface area contributed by atoms with Crippen LogP contribution in [0.25, 0.3) is 55.9 Å². The van der Waals surface area contributed by atoms with Crippen molar-refractivity contribution in [3.05, 3.63) is 323 Å². The van der Waals surface area contributed by atoms with Gasteiger partial charge in [0, 0.05) is 115 Å². The van der Waals surface area contributed by atoms with E-state index < -0.39 is 65.5 Å². The Hall–Kier alpha value is -12.6. The Morgan fingerprint density at radius 1 is 0.302 bits per heavy atom. The molecular formula is C119H140F16N14. The van der Waals surface area contributed by atoms with Crippen LogP contribution < -0.4 is 14.7 Å². The van der Waals surface area contributed by atoms with Gasteiger partial charge in [0.15, 0.2) is 11.4 Å². The minimum Gasteiger partial charge on any atom is -0.372 e. The van der Waals surface area contributed by atoms with Crippen LogP contribution in [0, 0.1) is 11.7 Å². The molecule has 30 heteroatoms. The predicted molar refractivity (Wildman–Crippen MR) is 565 cm³/mol. The van der Waals surface area contributed by atoms with Crippen molar-refractivity contribution in [1.29, 1.82) is 0 Å². The van der Waals surface area contributed by atoms with E-state index in [-0.39, 0.29) is 39.9 Å². The predicted octanol–water partition coefficient (Wildman–Crippen LogP) is 33.7. The van der Waals surface area contributed by atoms with E-state index in [1.807, 2.05) is 117 Å². The Bertz CT molecular complexity index is 6290. The summed E-state index contributed by atoms with van der Waals surface area (Å²) in [4.78, 5) is 41.8. The number of benzene rings is 7. The summed E-state index contributed by atoms with van der Waals surface area (Å²) < 4.78 is 201. The number of piperidine rings is 1. The average molecular weight is 2070 g/mol. The summed E-state index contributed by atoms with van der Waals surface area (Å²) in [6, 6.07) is 61.0. The molecule has 4 aliphatic rings. The van der Waals surface area contributed by atoms with Gasteiger partial charge in [-0.1, -0.05) is 286 Å². The zero-order valence-electron chi connectivity index (χ0n) is 89.5. The van der Waals surface area contributed by atoms with Crippen LogP contribution in [0.4, 0.5) is 87.7 Å². The van der Waals surface area contributed by atoms with E-state index >= 15 is 0 Å². The molecular weight excluding hydrogens is 1930 g/mol. The second kappa shape index (κ2) is 49.4. The molecule has 6 aromatic heterocycles. The molecule has 4 fully saturated rings. The third-order valence-corrected chi connectivity index (χ3v) is 25.9. The van der Waals surface area contributed by atoms with Crippen molar-refractivity contribution in [3.63, 3.8) is 0 Å². The van der Waals surface area contributed by atoms with Gasteiger partial charge in [-0.25, -0.2) is 39.3 Å². The van der Waals surface area contributed by atoms with Gasteiger partial charge in [0.2, 0.25) is 11.8 Å². The lowest BCUT2D eigenvalue weighted by Crippen LogP contribution is -2.39. The molecule has 7 aromatic carbocycles. The van der Waals surface area contributed by atoms with E-state index in [1.165, 1.54) is 123 Å². The van der Waals surface area contributed by atoms with Crippen LogP contribution >= 0.6 is 0 Å². The maximum atomic E-state index is 13.7. The maximum Gasteiger partial charge on any atom is 0.451 e. The van der Waals surface area contributed by atoms with Crippen LogP contribution in [-0.4, -0.2) is 100.0 Å². The molecule has 0 amide bonds. The molecule has 1 aliphatic carbocycles. The van der Waals surface area contributed by atoms with Crippen molar-refractivity contribution in [2.45, 2.75) is 298 Å². The molecule has 3 aliphatic heterocycles. The lowest BCUT2D eigenvalue weighted by atomic mass is 9.85. The normalized spacial score (nSPS) is 15.0. The summed E-state index contributed by atoms with van der Waals surface area (Å²) in [5.41, 5.74) is 16.5. The summed E-state index contributed by atoms with van der Waals surface area (Å²) in [7, 11) is 0. The van der Waals surface area contributed by atoms with E-state index in [0.29, 0.717) is 64.5 Å². The molecule has 17 rings (SSSR count). The Morgan fingerprint density at radius 3 is 1.21 bits per heavy atom. The zero-order chi connectivity index (χ0) is 110. The van der Waals surface area contributed by atoms with E-state index in [2.05, 4.69) is 276 Å². The van der Waals surface area contributed by atoms with Gasteiger partial charge in [-0.05, 0) is 219 Å². The quantitative estimate of drug-likeness (QED) is 0.113. The number of hydrogen-bond acceptors (Lipinski definition) is 14. The van der Waals surface area contributed by atoms with Crippen LogP contribution in [0.5, 0.6) is 0 Å². The molecule has 1 atom stereocenters. The SMILES string of the molecule is CC(C)(C)c1cc(F)cc(-c2ccc(C(F)(F)F)nc2)c1.CC(C)(C)c1cc(N2CCC(C(F)(F)F)CC2)ncn1.CC(C)(C)c1cccc(-c2cnc(C(F)(F)F)cn2)c1.CC(C)(C)c1cccc(-c2cnc(C(F)(F)F)nc2)c1.CC(C)(C)c1cccc(C2CC2)c1.CC(C)(C)c1cccc(N2CCCC2)c1.CC(C)c1cccc(-c2ccc(C(F)(F)F)nn2)c1.CC(C)c1cccc(-c2cnc(N3CCCC3C)nc2)c1. The van der Waals surface area contributed by atoms with Gasteiger partial charge in [0.25, 0.3) is 0 Å². The second-order valence-electron chi connectivity index (χ2n) is 44.9. The smallest absolute Gasteiger partial charge is 0.372 e. The van der Waals surface area contributed by atoms with Crippen molar-refractivity contribution in [3.8, 4) is 55.9 Å². The highest BCUT2D eigenvalue weighted by molar-refractivity contribution is 5.67. The van der Waals surface area contributed by atoms with E-state index in [9.17, 15) is 70.2 Å². The minimum absolute atomic E-state index is 0.0250. The number of hydrogen-bond donors (Lipinski definition) is 0. The number of pyridine rings is 1. The fraction of sp³-hybridized carbons (Fsp3) is 0.437. The molecule has 1 unspecified atom stereocenters. The van der Waals surface area contributed by atoms with Crippen molar-refractivity contribution in [2.24, 2.45) is 5.92 Å². The molecule has 13 aromatic rings. The lowest BCUT2D eigenvalue weighted by molar-refractivity contribution is -0.179. The molecule has 1 saturated carbocycles. The first-order valence-electron chi connectivity index (χ1n) is 50.4. The Morgan fingerprint density at radius 2 is 0.758 bits per heavy atom. The largest absolute Gasteiger partial charge is 0.451 e. The zero-order valence-corrected chi connectivity index (χ0v) is 89.5. The molecule has 149 heavy (non-hydrogen) atoms. The Labute approximate surface area is 867 Å². The third kappa shape index (κ3) is 35.8. The third-order valence-electron chi connectivity index (χ3n) is 25.9. The first kappa shape index (κ1) is 118. The van der Waals surface area contributed by atoms with Crippen molar-refractivity contribution in [1.82, 2.24) is 55.1 Å². The number of aromatic nitrogens is 11. The van der Waals surface area contributed by atoms with Gasteiger partial charge in [-0.3, -0.25) is 9.97 Å². The summed E-state index contributed by atoms with van der Waals surface area (Å²) in [6.45, 7) is 53.2. The standard InChI is InChI=1S/C18H23N3.C16H15F4N.2C15H15F3N2.C14H20F3N3.C14H13F3N2.C14H21N.C13H18/c1-13(2)15-7-4-8-16(10-15)17-11-19-18(20-12-17)21-9-5-6-14(21)3;1-15(2,3)12-6-11(7-13(17)8-12)10-4-5-14(21-9-10)16(18,19)20;1-14(2,3)12-6-4-5-10(7-12)11-8-19-13(20-9-11)15(16,17)18;1-14(2,3)11-6-4-5-10(7-11)12-8-20-13(9-19-12)15(16,17)18;1-13(2,3)11-8-12(19-9-18-11)20-6-4-10(5-7-20)14(15,16)17;1-9(2)10-4-3-5-11(8-10)12-6-7-13(19-18-12)14(15,16)17;1-14(2,3)12-7-6-8-13(11-12)15-9-4-5-10-15;1-13(2,3)12-6-4-5-11(9-12)10-7-8-10/h4,7-8,10-14H,5-6,9H2,1-3H3;4-9H,1-3H3;2*4-9H,1-3H3;8-10H,4-7H2,1-3H3;3-9H,1-2H3;6-8,11H,4-5,9-10H2,1-3H3;4-6,9-10H,7-8H2,1-3H3. The van der Waals surface area contributed by atoms with E-state index in [4.69, 9.17) is 0 Å². The number of rotatable bonds is 11. The first-order chi connectivity index (χ1) is 69.3. The van der Waals surface area contributed by atoms with Gasteiger partial charge < -0.3 is 14.7 Å². The molecule has 0 spiro atoms. The minimum atomic E-state index is -4.51. The fourth-order valence-electron chi connectivity index (χ4n) is 16.3. The molecule has 3 saturated heterocycles. The van der Waals surface area contributed by atoms with E-state index in [1.54, 1.807) is 11.6 Å². The highest BCUT2D eigenvalue weighted by Crippen LogP contribution is 2.44. The van der Waals surface area contributed by atoms with Crippen LogP contribution in [0.1, 0.15) is 301 Å². The van der Waals surface area contributed by atoms with Crippen molar-refractivity contribution in [2.75, 3.05) is 47.4 Å². The molecule has 0 N–H and O–H groups in total. The van der Waals surface area contributed by atoms with Gasteiger partial charge in [-0.2, -0.15) is 65.9 Å². The first-order valence-corrected chi connectivity index (χ1v) is 50.4. The van der Waals surface area contributed by atoms with Gasteiger partial charge >= 0.3 is 30.9 Å². The molecule has 0 radical (unpaired) electrons. The second-order valence-corrected chi connectivity index (χ2v) is 44.9. The fourth-order valence-corrected chi connectivity index (χ4v) is 16.3.